The van der Waals surface area contributed by atoms with Gasteiger partial charge < -0.3 is 13.4 Å². The van der Waals surface area contributed by atoms with Crippen molar-refractivity contribution in [1.82, 2.24) is 9.55 Å². The summed E-state index contributed by atoms with van der Waals surface area (Å²) in [6.45, 7) is 0. The van der Waals surface area contributed by atoms with Crippen molar-refractivity contribution in [3.63, 3.8) is 0 Å². The fourth-order valence-electron chi connectivity index (χ4n) is 6.05. The van der Waals surface area contributed by atoms with E-state index in [9.17, 15) is 4.79 Å². The molecule has 192 valence electrons. The highest BCUT2D eigenvalue weighted by Crippen LogP contribution is 2.36. The molecular weight excluding hydrogens is 508 g/mol. The van der Waals surface area contributed by atoms with Crippen molar-refractivity contribution < 1.29 is 8.83 Å². The lowest BCUT2D eigenvalue weighted by molar-refractivity contribution is 0.660. The molecule has 0 amide bonds. The van der Waals surface area contributed by atoms with Gasteiger partial charge in [-0.2, -0.15) is 0 Å². The van der Waals surface area contributed by atoms with Crippen LogP contribution in [0.2, 0.25) is 0 Å². The van der Waals surface area contributed by atoms with Crippen LogP contribution < -0.4 is 5.43 Å². The minimum atomic E-state index is -0.0118. The van der Waals surface area contributed by atoms with Crippen molar-refractivity contribution in [3.05, 3.63) is 132 Å². The predicted octanol–water partition coefficient (Wildman–Crippen LogP) is 9.00. The van der Waals surface area contributed by atoms with Gasteiger partial charge in [-0.3, -0.25) is 4.79 Å². The van der Waals surface area contributed by atoms with Gasteiger partial charge in [0.25, 0.3) is 0 Å². The number of aromatic nitrogens is 2. The van der Waals surface area contributed by atoms with Crippen LogP contribution in [0.3, 0.4) is 0 Å². The van der Waals surface area contributed by atoms with Crippen LogP contribution in [0.25, 0.3) is 82.8 Å². The molecule has 0 aliphatic rings. The molecule has 0 aliphatic heterocycles. The number of para-hydroxylation sites is 3. The molecule has 4 heterocycles. The maximum atomic E-state index is 13.0. The number of fused-ring (bicyclic) bond motifs is 8. The second-order valence-corrected chi connectivity index (χ2v) is 10.3. The van der Waals surface area contributed by atoms with E-state index < -0.39 is 0 Å². The van der Waals surface area contributed by atoms with E-state index in [4.69, 9.17) is 13.8 Å². The number of hydrogen-bond acceptors (Lipinski definition) is 4. The Morgan fingerprint density at radius 3 is 1.95 bits per heavy atom. The minimum absolute atomic E-state index is 0.0118. The van der Waals surface area contributed by atoms with E-state index in [2.05, 4.69) is 65.2 Å². The van der Waals surface area contributed by atoms with Crippen molar-refractivity contribution in [2.75, 3.05) is 0 Å². The smallest absolute Gasteiger partial charge is 0.200 e. The van der Waals surface area contributed by atoms with Crippen molar-refractivity contribution in [2.45, 2.75) is 0 Å². The largest absolute Gasteiger partial charge is 0.456 e. The normalized spacial score (nSPS) is 12.0. The number of nitrogens with zero attached hydrogens (tertiary/aromatic N) is 2. The molecule has 4 aromatic heterocycles. The zero-order valence-corrected chi connectivity index (χ0v) is 21.7. The molecule has 5 heteroatoms. The minimum Gasteiger partial charge on any atom is -0.456 e. The first-order valence-corrected chi connectivity index (χ1v) is 13.5. The van der Waals surface area contributed by atoms with Gasteiger partial charge in [-0.05, 0) is 65.7 Å². The quantitative estimate of drug-likeness (QED) is 0.210. The zero-order valence-electron chi connectivity index (χ0n) is 21.7. The van der Waals surface area contributed by atoms with Gasteiger partial charge >= 0.3 is 0 Å². The maximum absolute atomic E-state index is 13.0. The number of furan rings is 1. The summed E-state index contributed by atoms with van der Waals surface area (Å²) in [5.74, 6) is 0. The summed E-state index contributed by atoms with van der Waals surface area (Å²) in [6.07, 6.45) is 0. The third-order valence-electron chi connectivity index (χ3n) is 8.01. The van der Waals surface area contributed by atoms with Gasteiger partial charge in [0.15, 0.2) is 5.58 Å². The second-order valence-electron chi connectivity index (χ2n) is 10.3. The molecule has 0 unspecified atom stereocenters. The zero-order chi connectivity index (χ0) is 27.1. The first-order valence-electron chi connectivity index (χ1n) is 13.5. The van der Waals surface area contributed by atoms with Crippen LogP contribution in [0.1, 0.15) is 0 Å². The Morgan fingerprint density at radius 2 is 1.12 bits per heavy atom. The summed E-state index contributed by atoms with van der Waals surface area (Å²) in [4.78, 5) is 18.1. The molecule has 0 saturated heterocycles. The summed E-state index contributed by atoms with van der Waals surface area (Å²) in [6, 6.07) is 40.1. The molecule has 0 aliphatic carbocycles. The average Bonchev–Trinajstić information content (AvgIpc) is 3.55. The molecule has 0 bridgehead atoms. The molecule has 0 atom stereocenters. The van der Waals surface area contributed by atoms with E-state index in [1.165, 1.54) is 0 Å². The molecule has 0 fully saturated rings. The van der Waals surface area contributed by atoms with Gasteiger partial charge in [0.05, 0.1) is 27.3 Å². The van der Waals surface area contributed by atoms with Gasteiger partial charge in [0.1, 0.15) is 22.3 Å². The molecule has 5 nitrogen and oxygen atoms in total. The lowest BCUT2D eigenvalue weighted by Crippen LogP contribution is -2.01. The van der Waals surface area contributed by atoms with Crippen molar-refractivity contribution >= 4 is 65.9 Å². The fraction of sp³-hybridized carbons (Fsp3) is 0. The first kappa shape index (κ1) is 22.2. The molecular formula is C36H20N2O3. The highest BCUT2D eigenvalue weighted by Gasteiger charge is 2.17. The lowest BCUT2D eigenvalue weighted by Gasteiger charge is -2.10. The summed E-state index contributed by atoms with van der Waals surface area (Å²) in [5.41, 5.74) is 9.70. The van der Waals surface area contributed by atoms with Crippen molar-refractivity contribution in [3.8, 4) is 16.8 Å². The van der Waals surface area contributed by atoms with Crippen molar-refractivity contribution in [2.24, 2.45) is 0 Å². The Hall–Kier alpha value is -5.68. The predicted molar refractivity (Wildman–Crippen MR) is 165 cm³/mol. The highest BCUT2D eigenvalue weighted by molar-refractivity contribution is 6.13. The molecule has 0 N–H and O–H groups in total. The van der Waals surface area contributed by atoms with E-state index in [0.717, 1.165) is 60.8 Å². The third-order valence-corrected chi connectivity index (χ3v) is 8.01. The van der Waals surface area contributed by atoms with Crippen molar-refractivity contribution in [1.29, 1.82) is 0 Å². The van der Waals surface area contributed by atoms with Gasteiger partial charge in [-0.25, -0.2) is 4.98 Å². The van der Waals surface area contributed by atoms with Gasteiger partial charge in [0, 0.05) is 22.5 Å². The van der Waals surface area contributed by atoms with Crippen LogP contribution in [-0.4, -0.2) is 9.55 Å². The monoisotopic (exact) mass is 528 g/mol. The number of rotatable bonds is 2. The van der Waals surface area contributed by atoms with Gasteiger partial charge in [-0.15, -0.1) is 0 Å². The van der Waals surface area contributed by atoms with E-state index in [0.29, 0.717) is 21.9 Å². The number of benzene rings is 5. The Balaban J connectivity index is 1.21. The van der Waals surface area contributed by atoms with E-state index in [1.54, 1.807) is 6.07 Å². The lowest BCUT2D eigenvalue weighted by atomic mass is 10.0. The maximum Gasteiger partial charge on any atom is 0.200 e. The number of pyridine rings is 1. The molecule has 9 rings (SSSR count). The molecule has 0 saturated carbocycles. The van der Waals surface area contributed by atoms with Crippen LogP contribution in [-0.2, 0) is 0 Å². The summed E-state index contributed by atoms with van der Waals surface area (Å²) in [7, 11) is 0. The Labute approximate surface area is 232 Å². The van der Waals surface area contributed by atoms with Crippen LogP contribution in [0.5, 0.6) is 0 Å². The summed E-state index contributed by atoms with van der Waals surface area (Å²) >= 11 is 0. The summed E-state index contributed by atoms with van der Waals surface area (Å²) < 4.78 is 14.5. The third kappa shape index (κ3) is 3.17. The van der Waals surface area contributed by atoms with E-state index in [-0.39, 0.29) is 5.43 Å². The molecule has 41 heavy (non-hydrogen) atoms. The summed E-state index contributed by atoms with van der Waals surface area (Å²) in [5, 5.41) is 3.29. The van der Waals surface area contributed by atoms with Crippen LogP contribution >= 0.6 is 0 Å². The van der Waals surface area contributed by atoms with Gasteiger partial charge in [0.2, 0.25) is 5.43 Å². The van der Waals surface area contributed by atoms with E-state index >= 15 is 0 Å². The Kier molecular flexibility index (Phi) is 4.41. The Morgan fingerprint density at radius 1 is 0.488 bits per heavy atom. The molecule has 9 aromatic rings. The number of hydrogen-bond donors (Lipinski definition) is 0. The first-order chi connectivity index (χ1) is 20.2. The fourth-order valence-corrected chi connectivity index (χ4v) is 6.05. The Bertz CT molecular complexity index is 2550. The highest BCUT2D eigenvalue weighted by atomic mass is 16.3. The average molecular weight is 529 g/mol. The second kappa shape index (κ2) is 8.16. The van der Waals surface area contributed by atoms with Crippen LogP contribution in [0.15, 0.2) is 135 Å². The molecule has 0 spiro atoms. The molecule has 0 radical (unpaired) electrons. The van der Waals surface area contributed by atoms with Gasteiger partial charge in [-0.1, -0.05) is 60.7 Å². The standard InChI is InChI=1S/C36H20N2O3/c39-36-26-9-3-6-12-31(26)40-32-19-22(15-18-27(32)36)21-13-16-23(17-14-21)38-28-10-4-1-7-24(28)34-29(38)20-33-35(37-34)25-8-2-5-11-30(25)41-33/h1-20H. The van der Waals surface area contributed by atoms with Crippen LogP contribution in [0.4, 0.5) is 0 Å². The van der Waals surface area contributed by atoms with Crippen LogP contribution in [0, 0.1) is 0 Å². The SMILES string of the molecule is O=c1c2ccccc2oc2cc(-c3ccc(-n4c5ccccc5c5nc6c(cc54)oc4ccccc46)cc3)ccc12. The topological polar surface area (TPSA) is 61.2 Å². The molecule has 5 aromatic carbocycles. The van der Waals surface area contributed by atoms with E-state index in [1.807, 2.05) is 54.6 Å².